The third kappa shape index (κ3) is 4.60. The lowest BCUT2D eigenvalue weighted by Crippen LogP contribution is -2.53. The minimum atomic E-state index is -0.292. The van der Waals surface area contributed by atoms with Crippen molar-refractivity contribution in [2.75, 3.05) is 6.54 Å². The summed E-state index contributed by atoms with van der Waals surface area (Å²) >= 11 is 3.30. The van der Waals surface area contributed by atoms with Gasteiger partial charge in [0.05, 0.1) is 11.1 Å². The minimum Gasteiger partial charge on any atom is -0.345 e. The first-order chi connectivity index (χ1) is 8.05. The number of hydrogen-bond acceptors (Lipinski definition) is 3. The van der Waals surface area contributed by atoms with E-state index < -0.39 is 0 Å². The van der Waals surface area contributed by atoms with Crippen LogP contribution in [0.15, 0.2) is 22.9 Å². The van der Waals surface area contributed by atoms with Crippen molar-refractivity contribution in [1.82, 2.24) is 10.3 Å². The zero-order valence-corrected chi connectivity index (χ0v) is 13.8. The summed E-state index contributed by atoms with van der Waals surface area (Å²) in [5.41, 5.74) is 6.03. The maximum absolute atomic E-state index is 12.1. The molecule has 0 radical (unpaired) electrons. The van der Waals surface area contributed by atoms with Gasteiger partial charge in [-0.25, -0.2) is 0 Å². The number of halogens is 3. The third-order valence-electron chi connectivity index (χ3n) is 3.27. The van der Waals surface area contributed by atoms with Crippen molar-refractivity contribution < 1.29 is 4.79 Å². The van der Waals surface area contributed by atoms with Crippen molar-refractivity contribution in [3.8, 4) is 0 Å². The molecule has 108 valence electrons. The molecule has 3 N–H and O–H groups in total. The predicted octanol–water partition coefficient (Wildman–Crippen LogP) is 2.54. The second kappa shape index (κ2) is 7.43. The lowest BCUT2D eigenvalue weighted by molar-refractivity contribution is 0.0897. The second-order valence-corrected chi connectivity index (χ2v) is 5.66. The average Bonchev–Trinajstić information content (AvgIpc) is 3.13. The second-order valence-electron chi connectivity index (χ2n) is 4.74. The Bertz CT molecular complexity index is 443. The summed E-state index contributed by atoms with van der Waals surface area (Å²) in [5.74, 6) is 0.398. The van der Waals surface area contributed by atoms with Crippen LogP contribution in [0.3, 0.4) is 0 Å². The van der Waals surface area contributed by atoms with E-state index in [4.69, 9.17) is 5.73 Å². The molecule has 1 heterocycles. The molecule has 0 saturated heterocycles. The first-order valence-electron chi connectivity index (χ1n) is 5.68. The molecule has 1 fully saturated rings. The van der Waals surface area contributed by atoms with Crippen LogP contribution >= 0.6 is 40.7 Å². The van der Waals surface area contributed by atoms with Crippen LogP contribution in [-0.2, 0) is 0 Å². The van der Waals surface area contributed by atoms with Crippen molar-refractivity contribution in [2.45, 2.75) is 25.3 Å². The zero-order valence-electron chi connectivity index (χ0n) is 10.6. The Hall–Kier alpha value is -0.360. The number of aromatic nitrogens is 1. The van der Waals surface area contributed by atoms with E-state index in [-0.39, 0.29) is 36.3 Å². The van der Waals surface area contributed by atoms with Crippen LogP contribution in [0.4, 0.5) is 0 Å². The Balaban J connectivity index is 0.00000162. The fraction of sp³-hybridized carbons (Fsp3) is 0.500. The number of carbonyl (C=O) groups excluding carboxylic acids is 1. The molecular formula is C12H18BrCl2N3O. The maximum atomic E-state index is 12.1. The smallest absolute Gasteiger partial charge is 0.253 e. The van der Waals surface area contributed by atoms with E-state index in [1.807, 2.05) is 6.92 Å². The van der Waals surface area contributed by atoms with Crippen molar-refractivity contribution in [2.24, 2.45) is 11.7 Å². The molecule has 19 heavy (non-hydrogen) atoms. The molecule has 2 rings (SSSR count). The predicted molar refractivity (Wildman–Crippen MR) is 84.1 cm³/mol. The van der Waals surface area contributed by atoms with Gasteiger partial charge in [0.15, 0.2) is 0 Å². The lowest BCUT2D eigenvalue weighted by Gasteiger charge is -2.29. The summed E-state index contributed by atoms with van der Waals surface area (Å²) in [7, 11) is 0. The highest BCUT2D eigenvalue weighted by atomic mass is 79.9. The van der Waals surface area contributed by atoms with E-state index in [2.05, 4.69) is 26.2 Å². The molecule has 0 bridgehead atoms. The summed E-state index contributed by atoms with van der Waals surface area (Å²) in [4.78, 5) is 16.1. The van der Waals surface area contributed by atoms with Gasteiger partial charge in [0, 0.05) is 23.4 Å². The minimum absolute atomic E-state index is 0. The lowest BCUT2D eigenvalue weighted by atomic mass is 9.95. The number of nitrogens with two attached hydrogens (primary N) is 1. The quantitative estimate of drug-likeness (QED) is 0.855. The molecule has 1 atom stereocenters. The molecule has 7 heteroatoms. The van der Waals surface area contributed by atoms with Gasteiger partial charge in [-0.05, 0) is 47.7 Å². The zero-order chi connectivity index (χ0) is 12.5. The molecule has 1 aromatic heterocycles. The number of rotatable bonds is 4. The van der Waals surface area contributed by atoms with Gasteiger partial charge < -0.3 is 11.1 Å². The number of nitrogens with zero attached hydrogens (tertiary/aromatic N) is 1. The topological polar surface area (TPSA) is 68.0 Å². The van der Waals surface area contributed by atoms with Crippen molar-refractivity contribution in [1.29, 1.82) is 0 Å². The van der Waals surface area contributed by atoms with E-state index in [9.17, 15) is 4.79 Å². The Kier molecular flexibility index (Phi) is 7.29. The Morgan fingerprint density at radius 3 is 2.63 bits per heavy atom. The molecule has 1 unspecified atom stereocenters. The molecule has 0 spiro atoms. The number of carbonyl (C=O) groups is 1. The van der Waals surface area contributed by atoms with Crippen molar-refractivity contribution in [3.63, 3.8) is 0 Å². The highest BCUT2D eigenvalue weighted by Gasteiger charge is 2.41. The number of nitrogens with one attached hydrogen (secondary N) is 1. The third-order valence-corrected chi connectivity index (χ3v) is 3.70. The van der Waals surface area contributed by atoms with Crippen LogP contribution in [0.25, 0.3) is 0 Å². The molecule has 1 aliphatic carbocycles. The van der Waals surface area contributed by atoms with Crippen LogP contribution in [0.5, 0.6) is 0 Å². The van der Waals surface area contributed by atoms with E-state index in [1.54, 1.807) is 18.5 Å². The molecule has 0 aliphatic heterocycles. The molecule has 0 aromatic carbocycles. The standard InChI is InChI=1S/C12H16BrN3O.2ClH/c1-12(7-14,9-2-3-9)16-11(17)8-4-10(13)6-15-5-8;;/h4-6,9H,2-3,7,14H2,1H3,(H,16,17);2*1H. The Morgan fingerprint density at radius 2 is 2.16 bits per heavy atom. The van der Waals surface area contributed by atoms with Gasteiger partial charge in [-0.2, -0.15) is 0 Å². The fourth-order valence-corrected chi connectivity index (χ4v) is 2.27. The first kappa shape index (κ1) is 18.6. The van der Waals surface area contributed by atoms with Crippen molar-refractivity contribution >= 4 is 46.7 Å². The fourth-order valence-electron chi connectivity index (χ4n) is 1.91. The molecular weight excluding hydrogens is 353 g/mol. The summed E-state index contributed by atoms with van der Waals surface area (Å²) in [6.45, 7) is 2.47. The van der Waals surface area contributed by atoms with Crippen molar-refractivity contribution in [3.05, 3.63) is 28.5 Å². The van der Waals surface area contributed by atoms with E-state index in [0.29, 0.717) is 18.0 Å². The molecule has 1 saturated carbocycles. The summed E-state index contributed by atoms with van der Waals surface area (Å²) < 4.78 is 0.797. The molecule has 4 nitrogen and oxygen atoms in total. The summed E-state index contributed by atoms with van der Waals surface area (Å²) in [6, 6.07) is 1.76. The van der Waals surface area contributed by atoms with E-state index >= 15 is 0 Å². The highest BCUT2D eigenvalue weighted by molar-refractivity contribution is 9.10. The van der Waals surface area contributed by atoms with Gasteiger partial charge in [-0.15, -0.1) is 24.8 Å². The average molecular weight is 371 g/mol. The Morgan fingerprint density at radius 1 is 1.53 bits per heavy atom. The van der Waals surface area contributed by atoms with Crippen LogP contribution in [0, 0.1) is 5.92 Å². The Labute approximate surface area is 133 Å². The van der Waals surface area contributed by atoms with E-state index in [0.717, 1.165) is 17.3 Å². The number of pyridine rings is 1. The molecule has 1 amide bonds. The normalized spacial score (nSPS) is 16.6. The van der Waals surface area contributed by atoms with Gasteiger partial charge in [0.2, 0.25) is 0 Å². The van der Waals surface area contributed by atoms with Crippen LogP contribution in [0.2, 0.25) is 0 Å². The highest BCUT2D eigenvalue weighted by Crippen LogP contribution is 2.39. The summed E-state index contributed by atoms with van der Waals surface area (Å²) in [6.07, 6.45) is 5.50. The van der Waals surface area contributed by atoms with Gasteiger partial charge in [0.1, 0.15) is 0 Å². The monoisotopic (exact) mass is 369 g/mol. The van der Waals surface area contributed by atoms with Crippen LogP contribution in [0.1, 0.15) is 30.1 Å². The van der Waals surface area contributed by atoms with E-state index in [1.165, 1.54) is 0 Å². The maximum Gasteiger partial charge on any atom is 0.253 e. The summed E-state index contributed by atoms with van der Waals surface area (Å²) in [5, 5.41) is 3.02. The SMILES string of the molecule is CC(CN)(NC(=O)c1cncc(Br)c1)C1CC1.Cl.Cl. The van der Waals surface area contributed by atoms with Crippen LogP contribution < -0.4 is 11.1 Å². The molecule has 1 aliphatic rings. The number of hydrogen-bond donors (Lipinski definition) is 2. The van der Waals surface area contributed by atoms with Crippen LogP contribution in [-0.4, -0.2) is 23.0 Å². The molecule has 1 aromatic rings. The van der Waals surface area contributed by atoms with Gasteiger partial charge >= 0.3 is 0 Å². The first-order valence-corrected chi connectivity index (χ1v) is 6.47. The van der Waals surface area contributed by atoms with Gasteiger partial charge in [-0.1, -0.05) is 0 Å². The van der Waals surface area contributed by atoms with Gasteiger partial charge in [-0.3, -0.25) is 9.78 Å². The van der Waals surface area contributed by atoms with Gasteiger partial charge in [0.25, 0.3) is 5.91 Å². The largest absolute Gasteiger partial charge is 0.345 e. The number of amides is 1.